The van der Waals surface area contributed by atoms with Crippen molar-refractivity contribution in [2.24, 2.45) is 0 Å². The number of anilines is 3. The van der Waals surface area contributed by atoms with Gasteiger partial charge >= 0.3 is 7.82 Å². The Labute approximate surface area is 310 Å². The zero-order valence-corrected chi connectivity index (χ0v) is 32.5. The van der Waals surface area contributed by atoms with Gasteiger partial charge in [0.05, 0.1) is 48.9 Å². The van der Waals surface area contributed by atoms with Crippen molar-refractivity contribution in [3.05, 3.63) is 60.9 Å². The van der Waals surface area contributed by atoms with Crippen LogP contribution >= 0.6 is 7.82 Å². The van der Waals surface area contributed by atoms with Crippen LogP contribution in [0.15, 0.2) is 55.1 Å². The molecule has 2 aromatic carbocycles. The van der Waals surface area contributed by atoms with Crippen LogP contribution in [0, 0.1) is 5.82 Å². The maximum absolute atomic E-state index is 13.5. The molecule has 5 rings (SSSR count). The van der Waals surface area contributed by atoms with Crippen molar-refractivity contribution < 1.29 is 36.8 Å². The first kappa shape index (κ1) is 40.1. The number of amides is 1. The third-order valence-corrected chi connectivity index (χ3v) is 10.1. The molecule has 1 aliphatic rings. The summed E-state index contributed by atoms with van der Waals surface area (Å²) in [5, 5.41) is 10.9. The molecule has 0 unspecified atom stereocenters. The number of benzene rings is 2. The van der Waals surface area contributed by atoms with Gasteiger partial charge in [0.2, 0.25) is 5.91 Å². The molecule has 0 spiro atoms. The largest absolute Gasteiger partial charge is 0.493 e. The number of ether oxygens (including phenoxy) is 2. The lowest BCUT2D eigenvalue weighted by Gasteiger charge is -2.38. The number of phosphoric acid groups is 1. The average Bonchev–Trinajstić information content (AvgIpc) is 3.46. The highest BCUT2D eigenvalue weighted by Crippen LogP contribution is 2.55. The monoisotopic (exact) mass is 755 g/mol. The molecule has 0 radical (unpaired) electrons. The molecule has 2 aromatic heterocycles. The summed E-state index contributed by atoms with van der Waals surface area (Å²) in [6, 6.07) is 9.77. The Morgan fingerprint density at radius 1 is 1.00 bits per heavy atom. The van der Waals surface area contributed by atoms with Gasteiger partial charge in [-0.3, -0.25) is 27.9 Å². The molecule has 0 atom stereocenters. The second-order valence-corrected chi connectivity index (χ2v) is 16.4. The third kappa shape index (κ3) is 12.2. The van der Waals surface area contributed by atoms with Crippen LogP contribution in [0.25, 0.3) is 10.9 Å². The van der Waals surface area contributed by atoms with Crippen molar-refractivity contribution in [2.75, 3.05) is 44.0 Å². The first-order chi connectivity index (χ1) is 25.1. The van der Waals surface area contributed by atoms with E-state index in [2.05, 4.69) is 30.6 Å². The maximum atomic E-state index is 13.5. The van der Waals surface area contributed by atoms with Gasteiger partial charge in [-0.15, -0.1) is 0 Å². The molecule has 14 nitrogen and oxygen atoms in total. The van der Waals surface area contributed by atoms with Gasteiger partial charge in [-0.1, -0.05) is 12.5 Å². The zero-order chi connectivity index (χ0) is 38.2. The fourth-order valence-electron chi connectivity index (χ4n) is 5.69. The van der Waals surface area contributed by atoms with Crippen LogP contribution in [-0.2, 0) is 29.5 Å². The van der Waals surface area contributed by atoms with Crippen LogP contribution in [-0.4, -0.2) is 81.2 Å². The van der Waals surface area contributed by atoms with Gasteiger partial charge < -0.3 is 20.1 Å². The smallest absolute Gasteiger partial charge is 0.475 e. The van der Waals surface area contributed by atoms with Gasteiger partial charge in [0, 0.05) is 42.5 Å². The Morgan fingerprint density at radius 3 is 2.42 bits per heavy atom. The molecule has 288 valence electrons. The minimum atomic E-state index is -3.79. The van der Waals surface area contributed by atoms with Crippen LogP contribution in [0.2, 0.25) is 0 Å². The number of carbonyl (C=O) groups excluding carboxylic acids is 1. The quantitative estimate of drug-likeness (QED) is 0.0755. The Balaban J connectivity index is 1.16. The van der Waals surface area contributed by atoms with Gasteiger partial charge in [0.15, 0.2) is 11.5 Å². The molecule has 1 amide bonds. The summed E-state index contributed by atoms with van der Waals surface area (Å²) in [6.07, 6.45) is 8.84. The van der Waals surface area contributed by atoms with Gasteiger partial charge in [0.25, 0.3) is 0 Å². The molecule has 16 heteroatoms. The molecule has 2 heterocycles. The van der Waals surface area contributed by atoms with E-state index in [-0.39, 0.29) is 19.1 Å². The minimum Gasteiger partial charge on any atom is -0.493 e. The van der Waals surface area contributed by atoms with E-state index < -0.39 is 24.8 Å². The molecule has 1 saturated carbocycles. The van der Waals surface area contributed by atoms with Crippen molar-refractivity contribution in [1.29, 1.82) is 0 Å². The zero-order valence-electron chi connectivity index (χ0n) is 31.6. The first-order valence-corrected chi connectivity index (χ1v) is 19.2. The number of methoxy groups -OCH3 is 1. The molecule has 4 aromatic rings. The lowest BCUT2D eigenvalue weighted by molar-refractivity contribution is -0.116. The Morgan fingerprint density at radius 2 is 1.75 bits per heavy atom. The van der Waals surface area contributed by atoms with E-state index in [1.807, 2.05) is 53.7 Å². The third-order valence-electron chi connectivity index (χ3n) is 8.07. The molecular weight excluding hydrogens is 704 g/mol. The summed E-state index contributed by atoms with van der Waals surface area (Å²) in [4.78, 5) is 23.7. The van der Waals surface area contributed by atoms with Gasteiger partial charge in [-0.05, 0) is 85.1 Å². The highest BCUT2D eigenvalue weighted by molar-refractivity contribution is 7.48. The Hall–Kier alpha value is -4.14. The second-order valence-electron chi connectivity index (χ2n) is 14.9. The van der Waals surface area contributed by atoms with E-state index in [0.717, 1.165) is 25.8 Å². The van der Waals surface area contributed by atoms with Gasteiger partial charge in [-0.25, -0.2) is 18.9 Å². The van der Waals surface area contributed by atoms with E-state index >= 15 is 0 Å². The number of halogens is 1. The van der Waals surface area contributed by atoms with Crippen molar-refractivity contribution in [3.63, 3.8) is 0 Å². The lowest BCUT2D eigenvalue weighted by Crippen LogP contribution is -2.43. The number of rotatable bonds is 18. The number of phosphoric ester groups is 1. The fraction of sp³-hybridized carbons (Fsp3) is 0.514. The normalized spacial score (nSPS) is 14.0. The van der Waals surface area contributed by atoms with Crippen LogP contribution in [0.5, 0.6) is 11.5 Å². The highest BCUT2D eigenvalue weighted by Gasteiger charge is 2.37. The van der Waals surface area contributed by atoms with Gasteiger partial charge in [0.1, 0.15) is 24.5 Å². The molecule has 1 aliphatic carbocycles. The van der Waals surface area contributed by atoms with Gasteiger partial charge in [-0.2, -0.15) is 5.10 Å². The van der Waals surface area contributed by atoms with E-state index in [1.165, 1.54) is 35.6 Å². The number of hydrogen-bond acceptors (Lipinski definition) is 12. The highest BCUT2D eigenvalue weighted by atomic mass is 31.2. The summed E-state index contributed by atoms with van der Waals surface area (Å²) in [5.74, 6) is 0.819. The van der Waals surface area contributed by atoms with Crippen molar-refractivity contribution in [1.82, 2.24) is 24.6 Å². The SMILES string of the molecule is COc1cc2c(Nc3cnn(CC(=O)Nc4cccc(F)c4)c3)ncnc2cc1OCCCN(CCOP(=O)(OC(C)(C)C)OC(C)(C)C)C1CCC1. The van der Waals surface area contributed by atoms with Crippen LogP contribution in [0.4, 0.5) is 21.6 Å². The minimum absolute atomic E-state index is 0.0652. The molecule has 0 aliphatic heterocycles. The number of fused-ring (bicyclic) bond motifs is 1. The van der Waals surface area contributed by atoms with Crippen LogP contribution in [0.3, 0.4) is 0 Å². The molecule has 1 fully saturated rings. The average molecular weight is 756 g/mol. The van der Waals surface area contributed by atoms with E-state index in [1.54, 1.807) is 25.6 Å². The number of nitrogens with zero attached hydrogens (tertiary/aromatic N) is 5. The molecule has 0 saturated heterocycles. The van der Waals surface area contributed by atoms with Crippen LogP contribution in [0.1, 0.15) is 67.2 Å². The maximum Gasteiger partial charge on any atom is 0.475 e. The van der Waals surface area contributed by atoms with E-state index in [0.29, 0.717) is 58.8 Å². The van der Waals surface area contributed by atoms with Crippen molar-refractivity contribution >= 4 is 41.8 Å². The summed E-state index contributed by atoms with van der Waals surface area (Å²) < 4.78 is 57.7. The predicted octanol–water partition coefficient (Wildman–Crippen LogP) is 7.73. The van der Waals surface area contributed by atoms with Crippen LogP contribution < -0.4 is 20.1 Å². The second kappa shape index (κ2) is 17.3. The standard InChI is InChI=1S/C37H51FN7O7P/c1-36(2,3)51-53(47,52-37(4,5)6)50-18-16-44(29-13-9-14-29)15-10-17-49-33-21-31-30(20-32(33)48-7)35(40-25-39-31)43-28-22-41-45(23-28)24-34(46)42-27-12-8-11-26(38)19-27/h8,11-12,19-23,25,29H,9-10,13-18,24H2,1-7H3,(H,42,46)(H,39,40,43). The predicted molar refractivity (Wildman–Crippen MR) is 201 cm³/mol. The number of hydrogen-bond donors (Lipinski definition) is 2. The topological polar surface area (TPSA) is 151 Å². The summed E-state index contributed by atoms with van der Waals surface area (Å²) in [6.45, 7) is 12.9. The summed E-state index contributed by atoms with van der Waals surface area (Å²) in [7, 11) is -2.21. The Kier molecular flexibility index (Phi) is 13.1. The summed E-state index contributed by atoms with van der Waals surface area (Å²) >= 11 is 0. The lowest BCUT2D eigenvalue weighted by atomic mass is 9.91. The number of aromatic nitrogens is 4. The summed E-state index contributed by atoms with van der Waals surface area (Å²) in [5.41, 5.74) is 0.228. The molecular formula is C37H51FN7O7P. The molecule has 2 N–H and O–H groups in total. The van der Waals surface area contributed by atoms with E-state index in [9.17, 15) is 13.8 Å². The van der Waals surface area contributed by atoms with Crippen molar-refractivity contribution in [3.8, 4) is 11.5 Å². The Bertz CT molecular complexity index is 1870. The van der Waals surface area contributed by atoms with E-state index in [4.69, 9.17) is 23.0 Å². The fourth-order valence-corrected chi connectivity index (χ4v) is 7.48. The number of carbonyl (C=O) groups is 1. The van der Waals surface area contributed by atoms with Crippen molar-refractivity contribution in [2.45, 2.75) is 91.0 Å². The molecule has 53 heavy (non-hydrogen) atoms. The number of nitrogens with one attached hydrogen (secondary N) is 2. The molecule has 0 bridgehead atoms. The first-order valence-electron chi connectivity index (χ1n) is 17.8.